The molecule has 0 bridgehead atoms. The number of hydrogen-bond acceptors (Lipinski definition) is 4. The highest BCUT2D eigenvalue weighted by atomic mass is 35.5. The Morgan fingerprint density at radius 3 is 2.58 bits per heavy atom. The molecule has 0 N–H and O–H groups in total. The molecular formula is C14H12ClNO3. The smallest absolute Gasteiger partial charge is 0.322 e. The summed E-state index contributed by atoms with van der Waals surface area (Å²) in [7, 11) is 1.25. The van der Waals surface area contributed by atoms with Crippen LogP contribution in [0, 0.1) is 5.92 Å². The number of nitrogens with zero attached hydrogens (tertiary/aromatic N) is 1. The number of carbonyl (C=O) groups is 2. The van der Waals surface area contributed by atoms with Gasteiger partial charge in [0.2, 0.25) is 5.78 Å². The molecule has 1 atom stereocenters. The SMILES string of the molecule is COC(=O)C1C(=O)/C(=C\c2ccc(Cl)cc2)N=C1C. The van der Waals surface area contributed by atoms with Crippen LogP contribution in [0.4, 0.5) is 0 Å². The normalized spacial score (nSPS) is 20.6. The third-order valence-electron chi connectivity index (χ3n) is 2.84. The van der Waals surface area contributed by atoms with Crippen molar-refractivity contribution in [2.75, 3.05) is 7.11 Å². The number of hydrogen-bond donors (Lipinski definition) is 0. The Labute approximate surface area is 115 Å². The lowest BCUT2D eigenvalue weighted by Crippen LogP contribution is -2.27. The Morgan fingerprint density at radius 1 is 1.37 bits per heavy atom. The number of ketones is 1. The maximum atomic E-state index is 12.1. The van der Waals surface area contributed by atoms with Gasteiger partial charge < -0.3 is 4.74 Å². The largest absolute Gasteiger partial charge is 0.468 e. The van der Waals surface area contributed by atoms with Crippen molar-refractivity contribution in [2.45, 2.75) is 6.92 Å². The van der Waals surface area contributed by atoms with Gasteiger partial charge in [-0.2, -0.15) is 0 Å². The van der Waals surface area contributed by atoms with E-state index in [0.29, 0.717) is 10.7 Å². The minimum atomic E-state index is -0.913. The van der Waals surface area contributed by atoms with Crippen LogP contribution in [0.2, 0.25) is 5.02 Å². The van der Waals surface area contributed by atoms with E-state index in [1.165, 1.54) is 7.11 Å². The van der Waals surface area contributed by atoms with E-state index in [0.717, 1.165) is 5.56 Å². The zero-order valence-corrected chi connectivity index (χ0v) is 11.3. The fraction of sp³-hybridized carbons (Fsp3) is 0.214. The molecule has 0 fully saturated rings. The van der Waals surface area contributed by atoms with Crippen LogP contribution in [0.15, 0.2) is 35.0 Å². The predicted octanol–water partition coefficient (Wildman–Crippen LogP) is 2.51. The van der Waals surface area contributed by atoms with Gasteiger partial charge in [-0.15, -0.1) is 0 Å². The maximum absolute atomic E-state index is 12.1. The van der Waals surface area contributed by atoms with Crippen molar-refractivity contribution in [3.8, 4) is 0 Å². The van der Waals surface area contributed by atoms with Gasteiger partial charge in [-0.3, -0.25) is 14.6 Å². The van der Waals surface area contributed by atoms with E-state index in [-0.39, 0.29) is 11.5 Å². The summed E-state index contributed by atoms with van der Waals surface area (Å²) < 4.78 is 4.60. The number of ether oxygens (including phenoxy) is 1. The van der Waals surface area contributed by atoms with Crippen molar-refractivity contribution in [3.05, 3.63) is 40.5 Å². The molecule has 1 aromatic rings. The molecule has 0 spiro atoms. The van der Waals surface area contributed by atoms with E-state index < -0.39 is 11.9 Å². The summed E-state index contributed by atoms with van der Waals surface area (Å²) in [5.41, 5.74) is 1.52. The summed E-state index contributed by atoms with van der Waals surface area (Å²) in [6, 6.07) is 7.00. The molecule has 0 saturated heterocycles. The second-order valence-corrected chi connectivity index (χ2v) is 4.59. The number of halogens is 1. The Balaban J connectivity index is 2.30. The standard InChI is InChI=1S/C14H12ClNO3/c1-8-12(14(18)19-2)13(17)11(16-8)7-9-3-5-10(15)6-4-9/h3-7,12H,1-2H3/b11-7+. The van der Waals surface area contributed by atoms with Gasteiger partial charge in [-0.25, -0.2) is 0 Å². The van der Waals surface area contributed by atoms with E-state index in [9.17, 15) is 9.59 Å². The fourth-order valence-electron chi connectivity index (χ4n) is 1.86. The van der Waals surface area contributed by atoms with Gasteiger partial charge in [0.05, 0.1) is 7.11 Å². The molecule has 19 heavy (non-hydrogen) atoms. The Kier molecular flexibility index (Phi) is 3.81. The summed E-state index contributed by atoms with van der Waals surface area (Å²) in [6.07, 6.45) is 1.63. The van der Waals surface area contributed by atoms with Gasteiger partial charge in [0.25, 0.3) is 0 Å². The minimum Gasteiger partial charge on any atom is -0.468 e. The molecule has 0 amide bonds. The molecule has 1 heterocycles. The average Bonchev–Trinajstić information content (AvgIpc) is 2.66. The van der Waals surface area contributed by atoms with Gasteiger partial charge >= 0.3 is 5.97 Å². The van der Waals surface area contributed by atoms with Crippen molar-refractivity contribution in [1.82, 2.24) is 0 Å². The molecule has 1 aromatic carbocycles. The molecule has 1 aliphatic rings. The summed E-state index contributed by atoms with van der Waals surface area (Å²) in [6.45, 7) is 1.64. The zero-order chi connectivity index (χ0) is 14.0. The van der Waals surface area contributed by atoms with Crippen LogP contribution in [-0.2, 0) is 14.3 Å². The Morgan fingerprint density at radius 2 is 2.00 bits per heavy atom. The van der Waals surface area contributed by atoms with Gasteiger partial charge in [0, 0.05) is 10.7 Å². The van der Waals surface area contributed by atoms with Crippen molar-refractivity contribution in [2.24, 2.45) is 10.9 Å². The number of aliphatic imine (C=N–C) groups is 1. The predicted molar refractivity (Wildman–Crippen MR) is 73.1 cm³/mol. The van der Waals surface area contributed by atoms with Crippen molar-refractivity contribution in [1.29, 1.82) is 0 Å². The molecule has 1 unspecified atom stereocenters. The van der Waals surface area contributed by atoms with Crippen LogP contribution in [-0.4, -0.2) is 24.6 Å². The first-order valence-electron chi connectivity index (χ1n) is 5.67. The van der Waals surface area contributed by atoms with Crippen LogP contribution in [0.25, 0.3) is 6.08 Å². The van der Waals surface area contributed by atoms with Crippen LogP contribution < -0.4 is 0 Å². The number of carbonyl (C=O) groups excluding carboxylic acids is 2. The van der Waals surface area contributed by atoms with E-state index in [4.69, 9.17) is 11.6 Å². The molecule has 98 valence electrons. The number of rotatable bonds is 2. The van der Waals surface area contributed by atoms with E-state index in [2.05, 4.69) is 9.73 Å². The summed E-state index contributed by atoms with van der Waals surface area (Å²) in [5, 5.41) is 0.618. The second-order valence-electron chi connectivity index (χ2n) is 4.15. The highest BCUT2D eigenvalue weighted by molar-refractivity contribution is 6.30. The maximum Gasteiger partial charge on any atom is 0.322 e. The molecule has 5 heteroatoms. The molecule has 0 radical (unpaired) electrons. The summed E-state index contributed by atoms with van der Waals surface area (Å²) >= 11 is 5.79. The van der Waals surface area contributed by atoms with E-state index >= 15 is 0 Å². The molecule has 2 rings (SSSR count). The van der Waals surface area contributed by atoms with Crippen LogP contribution in [0.3, 0.4) is 0 Å². The number of allylic oxidation sites excluding steroid dienone is 1. The molecule has 4 nitrogen and oxygen atoms in total. The Bertz CT molecular complexity index is 587. The number of methoxy groups -OCH3 is 1. The zero-order valence-electron chi connectivity index (χ0n) is 10.5. The number of Topliss-reactive ketones (excluding diaryl/α,β-unsaturated/α-hetero) is 1. The third kappa shape index (κ3) is 2.74. The molecule has 1 aliphatic heterocycles. The van der Waals surface area contributed by atoms with Crippen LogP contribution in [0.1, 0.15) is 12.5 Å². The average molecular weight is 278 g/mol. The lowest BCUT2D eigenvalue weighted by atomic mass is 10.0. The topological polar surface area (TPSA) is 55.7 Å². The molecule has 0 aromatic heterocycles. The first kappa shape index (κ1) is 13.5. The third-order valence-corrected chi connectivity index (χ3v) is 3.09. The highest BCUT2D eigenvalue weighted by Gasteiger charge is 2.37. The van der Waals surface area contributed by atoms with Gasteiger partial charge in [-0.05, 0) is 30.7 Å². The number of esters is 1. The van der Waals surface area contributed by atoms with Crippen LogP contribution in [0.5, 0.6) is 0 Å². The summed E-state index contributed by atoms with van der Waals surface area (Å²) in [5.74, 6) is -1.83. The molecule has 0 saturated carbocycles. The first-order valence-corrected chi connectivity index (χ1v) is 6.05. The highest BCUT2D eigenvalue weighted by Crippen LogP contribution is 2.23. The summed E-state index contributed by atoms with van der Waals surface area (Å²) in [4.78, 5) is 27.7. The lowest BCUT2D eigenvalue weighted by Gasteiger charge is -2.04. The van der Waals surface area contributed by atoms with E-state index in [1.807, 2.05) is 0 Å². The van der Waals surface area contributed by atoms with Crippen molar-refractivity contribution >= 4 is 35.1 Å². The van der Waals surface area contributed by atoms with Crippen molar-refractivity contribution in [3.63, 3.8) is 0 Å². The number of benzene rings is 1. The monoisotopic (exact) mass is 277 g/mol. The molecular weight excluding hydrogens is 266 g/mol. The second kappa shape index (κ2) is 5.36. The van der Waals surface area contributed by atoms with Crippen LogP contribution >= 0.6 is 11.6 Å². The van der Waals surface area contributed by atoms with Gasteiger partial charge in [0.15, 0.2) is 5.92 Å². The van der Waals surface area contributed by atoms with Crippen molar-refractivity contribution < 1.29 is 14.3 Å². The first-order chi connectivity index (χ1) is 9.02. The van der Waals surface area contributed by atoms with Gasteiger partial charge in [0.1, 0.15) is 5.70 Å². The van der Waals surface area contributed by atoms with Gasteiger partial charge in [-0.1, -0.05) is 23.7 Å². The molecule has 0 aliphatic carbocycles. The minimum absolute atomic E-state index is 0.259. The fourth-order valence-corrected chi connectivity index (χ4v) is 1.99. The van der Waals surface area contributed by atoms with E-state index in [1.54, 1.807) is 37.3 Å². The Hall–Kier alpha value is -1.94. The lowest BCUT2D eigenvalue weighted by molar-refractivity contribution is -0.145. The quantitative estimate of drug-likeness (QED) is 0.474.